The Kier molecular flexibility index (Phi) is 4.46. The van der Waals surface area contributed by atoms with E-state index in [0.717, 1.165) is 4.88 Å². The van der Waals surface area contributed by atoms with Crippen molar-refractivity contribution in [1.29, 1.82) is 0 Å². The van der Waals surface area contributed by atoms with Gasteiger partial charge in [-0.2, -0.15) is 0 Å². The molecule has 0 saturated heterocycles. The lowest BCUT2D eigenvalue weighted by Gasteiger charge is -2.15. The number of benzene rings is 1. The topological polar surface area (TPSA) is 67.2 Å². The average Bonchev–Trinajstić information content (AvgIpc) is 2.84. The van der Waals surface area contributed by atoms with Gasteiger partial charge < -0.3 is 10.6 Å². The van der Waals surface area contributed by atoms with Gasteiger partial charge >= 0.3 is 5.69 Å². The van der Waals surface area contributed by atoms with E-state index >= 15 is 0 Å². The van der Waals surface area contributed by atoms with Crippen molar-refractivity contribution in [3.8, 4) is 0 Å². The van der Waals surface area contributed by atoms with E-state index in [1.165, 1.54) is 11.3 Å². The SMILES string of the molecule is CNc1cccc(NC(C)c2ccc(Cl)s2)c1[N+](=O)[O-]. The number of nitro groups is 1. The van der Waals surface area contributed by atoms with Crippen molar-refractivity contribution in [2.45, 2.75) is 13.0 Å². The molecule has 5 nitrogen and oxygen atoms in total. The van der Waals surface area contributed by atoms with Crippen molar-refractivity contribution >= 4 is 40.0 Å². The zero-order valence-corrected chi connectivity index (χ0v) is 12.6. The Morgan fingerprint density at radius 3 is 2.55 bits per heavy atom. The third-order valence-electron chi connectivity index (χ3n) is 2.88. The van der Waals surface area contributed by atoms with E-state index in [0.29, 0.717) is 15.7 Å². The highest BCUT2D eigenvalue weighted by molar-refractivity contribution is 7.16. The highest BCUT2D eigenvalue weighted by Gasteiger charge is 2.20. The molecule has 0 aliphatic carbocycles. The van der Waals surface area contributed by atoms with Crippen LogP contribution in [0.5, 0.6) is 0 Å². The summed E-state index contributed by atoms with van der Waals surface area (Å²) in [7, 11) is 1.66. The van der Waals surface area contributed by atoms with Gasteiger partial charge in [-0.3, -0.25) is 10.1 Å². The van der Waals surface area contributed by atoms with E-state index in [9.17, 15) is 10.1 Å². The number of anilines is 2. The predicted octanol–water partition coefficient (Wildman–Crippen LogP) is 4.52. The van der Waals surface area contributed by atoms with Crippen LogP contribution in [0.1, 0.15) is 17.8 Å². The summed E-state index contributed by atoms with van der Waals surface area (Å²) < 4.78 is 0.701. The van der Waals surface area contributed by atoms with Crippen LogP contribution in [0.15, 0.2) is 30.3 Å². The van der Waals surface area contributed by atoms with E-state index in [2.05, 4.69) is 10.6 Å². The van der Waals surface area contributed by atoms with Gasteiger partial charge in [0.1, 0.15) is 11.4 Å². The number of para-hydroxylation sites is 1. The first-order valence-electron chi connectivity index (χ1n) is 6.00. The Morgan fingerprint density at radius 2 is 2.00 bits per heavy atom. The van der Waals surface area contributed by atoms with Crippen molar-refractivity contribution in [3.63, 3.8) is 0 Å². The molecule has 1 atom stereocenters. The lowest BCUT2D eigenvalue weighted by atomic mass is 10.2. The van der Waals surface area contributed by atoms with Crippen LogP contribution >= 0.6 is 22.9 Å². The molecule has 0 fully saturated rings. The molecule has 0 bridgehead atoms. The first-order valence-corrected chi connectivity index (χ1v) is 7.19. The number of thiophene rings is 1. The van der Waals surface area contributed by atoms with Gasteiger partial charge in [0.05, 0.1) is 15.3 Å². The average molecular weight is 312 g/mol. The highest BCUT2D eigenvalue weighted by atomic mass is 35.5. The second kappa shape index (κ2) is 6.11. The van der Waals surface area contributed by atoms with Gasteiger partial charge in [-0.05, 0) is 31.2 Å². The summed E-state index contributed by atoms with van der Waals surface area (Å²) in [4.78, 5) is 11.9. The number of rotatable bonds is 5. The Bertz CT molecular complexity index is 630. The van der Waals surface area contributed by atoms with Crippen molar-refractivity contribution in [2.75, 3.05) is 17.7 Å². The maximum absolute atomic E-state index is 11.2. The molecule has 0 radical (unpaired) electrons. The molecule has 0 aliphatic rings. The monoisotopic (exact) mass is 311 g/mol. The van der Waals surface area contributed by atoms with Gasteiger partial charge in [0.2, 0.25) is 0 Å². The van der Waals surface area contributed by atoms with Gasteiger partial charge in [0.25, 0.3) is 0 Å². The molecule has 0 aliphatic heterocycles. The molecule has 2 aromatic rings. The standard InChI is InChI=1S/C13H14ClN3O2S/c1-8(11-6-7-12(14)20-11)16-10-5-3-4-9(15-2)13(10)17(18)19/h3-8,15-16H,1-2H3. The van der Waals surface area contributed by atoms with Gasteiger partial charge in [0, 0.05) is 11.9 Å². The van der Waals surface area contributed by atoms with E-state index in [-0.39, 0.29) is 16.7 Å². The molecular weight excluding hydrogens is 298 g/mol. The van der Waals surface area contributed by atoms with Gasteiger partial charge in [0.15, 0.2) is 0 Å². The predicted molar refractivity (Wildman–Crippen MR) is 84.0 cm³/mol. The van der Waals surface area contributed by atoms with Crippen LogP contribution in [0.2, 0.25) is 4.34 Å². The normalized spacial score (nSPS) is 11.9. The Morgan fingerprint density at radius 1 is 1.30 bits per heavy atom. The van der Waals surface area contributed by atoms with Crippen molar-refractivity contribution in [3.05, 3.63) is 49.7 Å². The summed E-state index contributed by atoms with van der Waals surface area (Å²) in [6, 6.07) is 8.82. The smallest absolute Gasteiger partial charge is 0.315 e. The zero-order valence-electron chi connectivity index (χ0n) is 11.0. The van der Waals surface area contributed by atoms with Crippen LogP contribution in [0.3, 0.4) is 0 Å². The first-order chi connectivity index (χ1) is 9.52. The molecule has 7 heteroatoms. The van der Waals surface area contributed by atoms with E-state index < -0.39 is 0 Å². The van der Waals surface area contributed by atoms with E-state index in [1.54, 1.807) is 25.2 Å². The quantitative estimate of drug-likeness (QED) is 0.629. The largest absolute Gasteiger partial charge is 0.382 e. The summed E-state index contributed by atoms with van der Waals surface area (Å²) >= 11 is 7.37. The van der Waals surface area contributed by atoms with Crippen molar-refractivity contribution in [2.24, 2.45) is 0 Å². The molecule has 2 rings (SSSR count). The number of nitrogens with zero attached hydrogens (tertiary/aromatic N) is 1. The molecule has 1 aromatic heterocycles. The minimum absolute atomic E-state index is 0.0458. The van der Waals surface area contributed by atoms with E-state index in [4.69, 9.17) is 11.6 Å². The molecule has 0 spiro atoms. The lowest BCUT2D eigenvalue weighted by molar-refractivity contribution is -0.383. The van der Waals surface area contributed by atoms with Crippen LogP contribution < -0.4 is 10.6 Å². The maximum Gasteiger partial charge on any atom is 0.315 e. The Labute approximate surface area is 125 Å². The van der Waals surface area contributed by atoms with E-state index in [1.807, 2.05) is 19.1 Å². The summed E-state index contributed by atoms with van der Waals surface area (Å²) in [6.07, 6.45) is 0. The lowest BCUT2D eigenvalue weighted by Crippen LogP contribution is -2.08. The molecular formula is C13H14ClN3O2S. The minimum atomic E-state index is -0.387. The highest BCUT2D eigenvalue weighted by Crippen LogP contribution is 2.36. The number of hydrogen-bond acceptors (Lipinski definition) is 5. The fourth-order valence-corrected chi connectivity index (χ4v) is 2.99. The molecule has 1 heterocycles. The summed E-state index contributed by atoms with van der Waals surface area (Å²) in [5.41, 5.74) is 1.01. The first kappa shape index (κ1) is 14.6. The van der Waals surface area contributed by atoms with Crippen LogP contribution in [0.4, 0.5) is 17.1 Å². The van der Waals surface area contributed by atoms with Crippen LogP contribution in [-0.4, -0.2) is 12.0 Å². The second-order valence-electron chi connectivity index (χ2n) is 4.22. The fourth-order valence-electron chi connectivity index (χ4n) is 1.92. The third kappa shape index (κ3) is 3.02. The number of nitro benzene ring substituents is 1. The summed E-state index contributed by atoms with van der Waals surface area (Å²) in [6.45, 7) is 1.94. The summed E-state index contributed by atoms with van der Waals surface area (Å²) in [5, 5.41) is 17.2. The molecule has 2 N–H and O–H groups in total. The number of halogens is 1. The van der Waals surface area contributed by atoms with Crippen molar-refractivity contribution in [1.82, 2.24) is 0 Å². The molecule has 106 valence electrons. The second-order valence-corrected chi connectivity index (χ2v) is 5.96. The number of nitrogens with one attached hydrogen (secondary N) is 2. The maximum atomic E-state index is 11.2. The third-order valence-corrected chi connectivity index (χ3v) is 4.29. The van der Waals surface area contributed by atoms with Crippen LogP contribution in [0.25, 0.3) is 0 Å². The van der Waals surface area contributed by atoms with Crippen LogP contribution in [0, 0.1) is 10.1 Å². The Balaban J connectivity index is 2.31. The fraction of sp³-hybridized carbons (Fsp3) is 0.231. The van der Waals surface area contributed by atoms with Crippen molar-refractivity contribution < 1.29 is 4.92 Å². The summed E-state index contributed by atoms with van der Waals surface area (Å²) in [5.74, 6) is 0. The van der Waals surface area contributed by atoms with Gasteiger partial charge in [-0.25, -0.2) is 0 Å². The number of hydrogen-bond donors (Lipinski definition) is 2. The minimum Gasteiger partial charge on any atom is -0.382 e. The molecule has 0 saturated carbocycles. The molecule has 1 aromatic carbocycles. The molecule has 0 amide bonds. The van der Waals surface area contributed by atoms with Gasteiger partial charge in [-0.15, -0.1) is 11.3 Å². The molecule has 1 unspecified atom stereocenters. The van der Waals surface area contributed by atoms with Gasteiger partial charge in [-0.1, -0.05) is 17.7 Å². The Hall–Kier alpha value is -1.79. The molecule has 20 heavy (non-hydrogen) atoms. The zero-order chi connectivity index (χ0) is 14.7. The van der Waals surface area contributed by atoms with Crippen LogP contribution in [-0.2, 0) is 0 Å².